The van der Waals surface area contributed by atoms with Crippen LogP contribution >= 0.6 is 0 Å². The number of nitrogens with one attached hydrogen (secondary N) is 3. The van der Waals surface area contributed by atoms with Crippen molar-refractivity contribution in [3.05, 3.63) is 29.8 Å². The van der Waals surface area contributed by atoms with E-state index in [-0.39, 0.29) is 12.1 Å². The van der Waals surface area contributed by atoms with Gasteiger partial charge in [-0.25, -0.2) is 4.79 Å². The molecule has 0 spiro atoms. The van der Waals surface area contributed by atoms with Gasteiger partial charge in [-0.05, 0) is 44.0 Å². The molecule has 112 valence electrons. The van der Waals surface area contributed by atoms with E-state index >= 15 is 0 Å². The SMILES string of the molecule is CCNC(C)c1ccc(NC(=O)NC(C)C(C)C)cc1. The van der Waals surface area contributed by atoms with Crippen molar-refractivity contribution >= 4 is 11.7 Å². The summed E-state index contributed by atoms with van der Waals surface area (Å²) < 4.78 is 0. The standard InChI is InChI=1S/C16H27N3O/c1-6-17-13(5)14-7-9-15(10-8-14)19-16(20)18-12(4)11(2)3/h7-13,17H,6H2,1-5H3,(H2,18,19,20). The minimum Gasteiger partial charge on any atom is -0.335 e. The molecule has 0 radical (unpaired) electrons. The summed E-state index contributed by atoms with van der Waals surface area (Å²) in [5, 5.41) is 9.14. The molecule has 4 nitrogen and oxygen atoms in total. The van der Waals surface area contributed by atoms with Crippen molar-refractivity contribution in [1.29, 1.82) is 0 Å². The summed E-state index contributed by atoms with van der Waals surface area (Å²) in [4.78, 5) is 11.8. The van der Waals surface area contributed by atoms with Gasteiger partial charge in [0, 0.05) is 17.8 Å². The highest BCUT2D eigenvalue weighted by Gasteiger charge is 2.10. The van der Waals surface area contributed by atoms with Crippen molar-refractivity contribution < 1.29 is 4.79 Å². The predicted molar refractivity (Wildman–Crippen MR) is 85.0 cm³/mol. The Morgan fingerprint density at radius 1 is 1.10 bits per heavy atom. The highest BCUT2D eigenvalue weighted by molar-refractivity contribution is 5.89. The van der Waals surface area contributed by atoms with Crippen LogP contribution in [0.25, 0.3) is 0 Å². The van der Waals surface area contributed by atoms with Crippen LogP contribution in [0.5, 0.6) is 0 Å². The summed E-state index contributed by atoms with van der Waals surface area (Å²) in [6.07, 6.45) is 0. The molecule has 0 fully saturated rings. The van der Waals surface area contributed by atoms with Crippen molar-refractivity contribution in [2.45, 2.75) is 46.7 Å². The van der Waals surface area contributed by atoms with Crippen molar-refractivity contribution in [3.63, 3.8) is 0 Å². The van der Waals surface area contributed by atoms with E-state index in [0.717, 1.165) is 12.2 Å². The molecule has 2 unspecified atom stereocenters. The fourth-order valence-electron chi connectivity index (χ4n) is 1.82. The second-order valence-corrected chi connectivity index (χ2v) is 5.53. The summed E-state index contributed by atoms with van der Waals surface area (Å²) in [6.45, 7) is 11.3. The maximum atomic E-state index is 11.8. The highest BCUT2D eigenvalue weighted by Crippen LogP contribution is 2.15. The molecule has 4 heteroatoms. The average molecular weight is 277 g/mol. The maximum absolute atomic E-state index is 11.8. The van der Waals surface area contributed by atoms with Gasteiger partial charge in [0.2, 0.25) is 0 Å². The molecule has 1 rings (SSSR count). The summed E-state index contributed by atoms with van der Waals surface area (Å²) in [7, 11) is 0. The van der Waals surface area contributed by atoms with Gasteiger partial charge in [-0.2, -0.15) is 0 Å². The van der Waals surface area contributed by atoms with Crippen molar-refractivity contribution in [2.24, 2.45) is 5.92 Å². The van der Waals surface area contributed by atoms with E-state index < -0.39 is 0 Å². The van der Waals surface area contributed by atoms with E-state index in [2.05, 4.69) is 43.6 Å². The van der Waals surface area contributed by atoms with Crippen molar-refractivity contribution in [3.8, 4) is 0 Å². The van der Waals surface area contributed by atoms with Crippen LogP contribution in [0.2, 0.25) is 0 Å². The van der Waals surface area contributed by atoms with E-state index in [1.807, 2.05) is 31.2 Å². The first-order valence-corrected chi connectivity index (χ1v) is 7.34. The molecule has 2 amide bonds. The van der Waals surface area contributed by atoms with E-state index in [1.165, 1.54) is 5.56 Å². The molecule has 20 heavy (non-hydrogen) atoms. The van der Waals surface area contributed by atoms with E-state index in [0.29, 0.717) is 12.0 Å². The second kappa shape index (κ2) is 7.90. The van der Waals surface area contributed by atoms with E-state index in [1.54, 1.807) is 0 Å². The smallest absolute Gasteiger partial charge is 0.319 e. The van der Waals surface area contributed by atoms with Gasteiger partial charge in [0.25, 0.3) is 0 Å². The van der Waals surface area contributed by atoms with Crippen LogP contribution in [-0.4, -0.2) is 18.6 Å². The molecule has 0 heterocycles. The molecule has 0 saturated carbocycles. The van der Waals surface area contributed by atoms with Crippen molar-refractivity contribution in [1.82, 2.24) is 10.6 Å². The van der Waals surface area contributed by atoms with Crippen LogP contribution in [0.1, 0.15) is 46.2 Å². The fraction of sp³-hybridized carbons (Fsp3) is 0.562. The first-order valence-electron chi connectivity index (χ1n) is 7.34. The summed E-state index contributed by atoms with van der Waals surface area (Å²) in [6, 6.07) is 8.26. The number of hydrogen-bond donors (Lipinski definition) is 3. The third-order valence-corrected chi connectivity index (χ3v) is 3.54. The van der Waals surface area contributed by atoms with E-state index in [4.69, 9.17) is 0 Å². The molecular weight excluding hydrogens is 250 g/mol. The number of carbonyl (C=O) groups is 1. The normalized spacial score (nSPS) is 13.9. The third-order valence-electron chi connectivity index (χ3n) is 3.54. The second-order valence-electron chi connectivity index (χ2n) is 5.53. The Kier molecular flexibility index (Phi) is 6.52. The van der Waals surface area contributed by atoms with Gasteiger partial charge >= 0.3 is 6.03 Å². The van der Waals surface area contributed by atoms with Gasteiger partial charge < -0.3 is 16.0 Å². The average Bonchev–Trinajstić information content (AvgIpc) is 2.39. The topological polar surface area (TPSA) is 53.2 Å². The molecule has 0 aromatic heterocycles. The summed E-state index contributed by atoms with van der Waals surface area (Å²) in [5.74, 6) is 0.420. The zero-order chi connectivity index (χ0) is 15.1. The Bertz CT molecular complexity index is 414. The molecule has 3 N–H and O–H groups in total. The summed E-state index contributed by atoms with van der Waals surface area (Å²) in [5.41, 5.74) is 2.03. The quantitative estimate of drug-likeness (QED) is 0.745. The monoisotopic (exact) mass is 277 g/mol. The number of benzene rings is 1. The largest absolute Gasteiger partial charge is 0.335 e. The van der Waals surface area contributed by atoms with Crippen LogP contribution in [-0.2, 0) is 0 Å². The van der Waals surface area contributed by atoms with Gasteiger partial charge in [-0.1, -0.05) is 32.9 Å². The fourth-order valence-corrected chi connectivity index (χ4v) is 1.82. The van der Waals surface area contributed by atoms with Gasteiger partial charge in [-0.3, -0.25) is 0 Å². The lowest BCUT2D eigenvalue weighted by atomic mass is 10.1. The molecule has 0 aliphatic carbocycles. The Morgan fingerprint density at radius 2 is 1.70 bits per heavy atom. The van der Waals surface area contributed by atoms with Crippen LogP contribution in [0, 0.1) is 5.92 Å². The molecule has 2 atom stereocenters. The van der Waals surface area contributed by atoms with Crippen LogP contribution in [0.3, 0.4) is 0 Å². The minimum atomic E-state index is -0.154. The Morgan fingerprint density at radius 3 is 2.20 bits per heavy atom. The lowest BCUT2D eigenvalue weighted by molar-refractivity contribution is 0.246. The lowest BCUT2D eigenvalue weighted by Gasteiger charge is -2.18. The number of rotatable bonds is 6. The highest BCUT2D eigenvalue weighted by atomic mass is 16.2. The van der Waals surface area contributed by atoms with Crippen LogP contribution in [0.15, 0.2) is 24.3 Å². The molecule has 0 bridgehead atoms. The number of amides is 2. The van der Waals surface area contributed by atoms with Gasteiger partial charge in [0.1, 0.15) is 0 Å². The van der Waals surface area contributed by atoms with Gasteiger partial charge in [-0.15, -0.1) is 0 Å². The lowest BCUT2D eigenvalue weighted by Crippen LogP contribution is -2.38. The third kappa shape index (κ3) is 5.21. The molecule has 0 aliphatic heterocycles. The Labute approximate surface area is 122 Å². The molecule has 0 saturated heterocycles. The van der Waals surface area contributed by atoms with Crippen LogP contribution < -0.4 is 16.0 Å². The maximum Gasteiger partial charge on any atom is 0.319 e. The summed E-state index contributed by atoms with van der Waals surface area (Å²) >= 11 is 0. The predicted octanol–water partition coefficient (Wildman–Crippen LogP) is 3.52. The first-order chi connectivity index (χ1) is 9.43. The zero-order valence-electron chi connectivity index (χ0n) is 13.2. The number of urea groups is 1. The van der Waals surface area contributed by atoms with Crippen molar-refractivity contribution in [2.75, 3.05) is 11.9 Å². The minimum absolute atomic E-state index is 0.154. The van der Waals surface area contributed by atoms with E-state index in [9.17, 15) is 4.79 Å². The molecule has 1 aromatic carbocycles. The molecular formula is C16H27N3O. The molecule has 0 aliphatic rings. The Balaban J connectivity index is 2.55. The number of hydrogen-bond acceptors (Lipinski definition) is 2. The first kappa shape index (κ1) is 16.5. The van der Waals surface area contributed by atoms with Crippen LogP contribution in [0.4, 0.5) is 10.5 Å². The van der Waals surface area contributed by atoms with Gasteiger partial charge in [0.15, 0.2) is 0 Å². The molecule has 1 aromatic rings. The Hall–Kier alpha value is -1.55. The zero-order valence-corrected chi connectivity index (χ0v) is 13.2. The number of anilines is 1. The number of carbonyl (C=O) groups excluding carboxylic acids is 1. The van der Waals surface area contributed by atoms with Gasteiger partial charge in [0.05, 0.1) is 0 Å².